The maximum Gasteiger partial charge on any atom is 0.508 e. The molecule has 0 saturated carbocycles. The van der Waals surface area contributed by atoms with Crippen LogP contribution in [-0.2, 0) is 35.0 Å². The van der Waals surface area contributed by atoms with Crippen LogP contribution in [0.25, 0.3) is 0 Å². The Hall–Kier alpha value is -3.14. The molecule has 10 nitrogen and oxygen atoms in total. The summed E-state index contributed by atoms with van der Waals surface area (Å²) in [5.41, 5.74) is 5.28. The number of rotatable bonds is 12. The predicted octanol–water partition coefficient (Wildman–Crippen LogP) is 2.93. The minimum absolute atomic E-state index is 0.0250. The van der Waals surface area contributed by atoms with Gasteiger partial charge in [0.2, 0.25) is 0 Å². The van der Waals surface area contributed by atoms with E-state index < -0.39 is 29.6 Å². The number of hydrogen-bond donors (Lipinski definition) is 1. The average Bonchev–Trinajstić information content (AvgIpc) is 2.78. The second kappa shape index (κ2) is 13.4. The lowest BCUT2D eigenvalue weighted by atomic mass is 9.88. The highest BCUT2D eigenvalue weighted by Gasteiger charge is 2.36. The third kappa shape index (κ3) is 9.48. The van der Waals surface area contributed by atoms with Crippen molar-refractivity contribution < 1.29 is 42.9 Å². The molecule has 0 saturated heterocycles. The molecule has 2 N–H and O–H groups in total. The first kappa shape index (κ1) is 27.9. The zero-order chi connectivity index (χ0) is 25.0. The Morgan fingerprint density at radius 1 is 0.970 bits per heavy atom. The number of carbonyl (C=O) groups excluding carboxylic acids is 4. The molecule has 1 aromatic carbocycles. The van der Waals surface area contributed by atoms with Gasteiger partial charge in [-0.2, -0.15) is 0 Å². The van der Waals surface area contributed by atoms with E-state index >= 15 is 0 Å². The highest BCUT2D eigenvalue weighted by molar-refractivity contribution is 5.81. The van der Waals surface area contributed by atoms with Crippen molar-refractivity contribution in [2.45, 2.75) is 58.9 Å². The van der Waals surface area contributed by atoms with Gasteiger partial charge in [0, 0.05) is 25.7 Å². The fourth-order valence-corrected chi connectivity index (χ4v) is 2.64. The maximum atomic E-state index is 12.4. The second-order valence-electron chi connectivity index (χ2n) is 7.81. The van der Waals surface area contributed by atoms with E-state index in [2.05, 4.69) is 0 Å². The van der Waals surface area contributed by atoms with E-state index in [9.17, 15) is 19.2 Å². The number of nitrogens with two attached hydrogens (primary N) is 1. The molecular formula is C23H33NO9. The molecule has 33 heavy (non-hydrogen) atoms. The van der Waals surface area contributed by atoms with Gasteiger partial charge in [-0.05, 0) is 23.6 Å². The summed E-state index contributed by atoms with van der Waals surface area (Å²) in [7, 11) is 1.20. The molecule has 0 aromatic heterocycles. The molecule has 0 amide bonds. The van der Waals surface area contributed by atoms with E-state index in [1.54, 1.807) is 19.9 Å². The smallest absolute Gasteiger partial charge is 0.468 e. The molecule has 0 aliphatic heterocycles. The second-order valence-corrected chi connectivity index (χ2v) is 7.81. The molecule has 0 aliphatic carbocycles. The van der Waals surface area contributed by atoms with E-state index in [-0.39, 0.29) is 56.3 Å². The third-order valence-corrected chi connectivity index (χ3v) is 4.45. The number of benzene rings is 1. The monoisotopic (exact) mass is 467 g/mol. The lowest BCUT2D eigenvalue weighted by Gasteiger charge is -2.26. The lowest BCUT2D eigenvalue weighted by molar-refractivity contribution is -0.147. The summed E-state index contributed by atoms with van der Waals surface area (Å²) < 4.78 is 25.3. The molecule has 1 rings (SSSR count). The van der Waals surface area contributed by atoms with Crippen molar-refractivity contribution in [3.8, 4) is 11.5 Å². The van der Waals surface area contributed by atoms with Gasteiger partial charge in [0.05, 0.1) is 20.3 Å². The van der Waals surface area contributed by atoms with Crippen LogP contribution in [-0.4, -0.2) is 49.9 Å². The SMILES string of the molecule is CCC(=O)Oc1ccc(C[C@](N)(CCOC(=O)OCC(C)C)C(=O)OC)cc1OC(=O)CC. The van der Waals surface area contributed by atoms with Crippen LogP contribution < -0.4 is 15.2 Å². The van der Waals surface area contributed by atoms with Gasteiger partial charge in [0.1, 0.15) is 5.54 Å². The van der Waals surface area contributed by atoms with E-state index in [0.29, 0.717) is 5.56 Å². The van der Waals surface area contributed by atoms with Crippen LogP contribution in [0, 0.1) is 5.92 Å². The summed E-state index contributed by atoms with van der Waals surface area (Å²) >= 11 is 0. The van der Waals surface area contributed by atoms with Crippen LogP contribution in [0.1, 0.15) is 52.5 Å². The number of methoxy groups -OCH3 is 1. The quantitative estimate of drug-likeness (QED) is 0.360. The first-order valence-corrected chi connectivity index (χ1v) is 10.8. The molecule has 0 aliphatic rings. The average molecular weight is 468 g/mol. The summed E-state index contributed by atoms with van der Waals surface area (Å²) in [6.45, 7) is 7.06. The van der Waals surface area contributed by atoms with E-state index in [1.165, 1.54) is 19.2 Å². The van der Waals surface area contributed by atoms with Gasteiger partial charge in [-0.25, -0.2) is 4.79 Å². The van der Waals surface area contributed by atoms with Crippen LogP contribution in [0.5, 0.6) is 11.5 Å². The van der Waals surface area contributed by atoms with Crippen molar-refractivity contribution in [1.29, 1.82) is 0 Å². The Morgan fingerprint density at radius 2 is 1.58 bits per heavy atom. The van der Waals surface area contributed by atoms with E-state index in [4.69, 9.17) is 29.4 Å². The molecule has 0 radical (unpaired) electrons. The largest absolute Gasteiger partial charge is 0.508 e. The first-order chi connectivity index (χ1) is 15.5. The van der Waals surface area contributed by atoms with Crippen molar-refractivity contribution >= 4 is 24.1 Å². The van der Waals surface area contributed by atoms with Gasteiger partial charge in [0.15, 0.2) is 11.5 Å². The van der Waals surface area contributed by atoms with Crippen LogP contribution in [0.2, 0.25) is 0 Å². The zero-order valence-corrected chi connectivity index (χ0v) is 19.8. The van der Waals surface area contributed by atoms with Crippen molar-refractivity contribution in [3.05, 3.63) is 23.8 Å². The van der Waals surface area contributed by atoms with Gasteiger partial charge >= 0.3 is 24.1 Å². The predicted molar refractivity (Wildman–Crippen MR) is 118 cm³/mol. The Bertz CT molecular complexity index is 837. The third-order valence-electron chi connectivity index (χ3n) is 4.45. The van der Waals surface area contributed by atoms with Gasteiger partial charge in [0.25, 0.3) is 0 Å². The molecule has 184 valence electrons. The highest BCUT2D eigenvalue weighted by Crippen LogP contribution is 2.31. The number of ether oxygens (including phenoxy) is 5. The minimum atomic E-state index is -1.54. The van der Waals surface area contributed by atoms with Gasteiger partial charge in [-0.15, -0.1) is 0 Å². The molecule has 0 unspecified atom stereocenters. The Labute approximate surface area is 193 Å². The maximum absolute atomic E-state index is 12.4. The fraction of sp³-hybridized carbons (Fsp3) is 0.565. The van der Waals surface area contributed by atoms with Gasteiger partial charge < -0.3 is 29.4 Å². The van der Waals surface area contributed by atoms with Crippen LogP contribution in [0.15, 0.2) is 18.2 Å². The topological polar surface area (TPSA) is 140 Å². The highest BCUT2D eigenvalue weighted by atomic mass is 16.7. The Morgan fingerprint density at radius 3 is 2.12 bits per heavy atom. The molecule has 0 spiro atoms. The summed E-state index contributed by atoms with van der Waals surface area (Å²) in [6, 6.07) is 4.51. The normalized spacial score (nSPS) is 12.5. The van der Waals surface area contributed by atoms with Crippen LogP contribution in [0.3, 0.4) is 0 Å². The minimum Gasteiger partial charge on any atom is -0.468 e. The van der Waals surface area contributed by atoms with Crippen molar-refractivity contribution in [3.63, 3.8) is 0 Å². The fourth-order valence-electron chi connectivity index (χ4n) is 2.64. The summed E-state index contributed by atoms with van der Waals surface area (Å²) in [5, 5.41) is 0. The number of esters is 3. The van der Waals surface area contributed by atoms with Crippen molar-refractivity contribution in [2.24, 2.45) is 11.7 Å². The van der Waals surface area contributed by atoms with Gasteiger partial charge in [-0.1, -0.05) is 33.8 Å². The molecule has 0 heterocycles. The standard InChI is InChI=1S/C23H33NO9/c1-6-19(25)32-17-9-8-16(12-18(17)33-20(26)7-2)13-23(24,21(27)29-5)10-11-30-22(28)31-14-15(3)4/h8-9,12,15H,6-7,10-11,13-14,24H2,1-5H3/t23-/m1/s1. The molecule has 10 heteroatoms. The van der Waals surface area contributed by atoms with E-state index in [0.717, 1.165) is 0 Å². The first-order valence-electron chi connectivity index (χ1n) is 10.8. The molecule has 1 atom stereocenters. The summed E-state index contributed by atoms with van der Waals surface area (Å²) in [5.74, 6) is -1.49. The van der Waals surface area contributed by atoms with Gasteiger partial charge in [-0.3, -0.25) is 14.4 Å². The van der Waals surface area contributed by atoms with E-state index in [1.807, 2.05) is 13.8 Å². The molecule has 0 fully saturated rings. The Balaban J connectivity index is 3.03. The number of carbonyl (C=O) groups is 4. The van der Waals surface area contributed by atoms with Crippen LogP contribution in [0.4, 0.5) is 4.79 Å². The van der Waals surface area contributed by atoms with Crippen molar-refractivity contribution in [2.75, 3.05) is 20.3 Å². The zero-order valence-electron chi connectivity index (χ0n) is 19.8. The van der Waals surface area contributed by atoms with Crippen molar-refractivity contribution in [1.82, 2.24) is 0 Å². The molecule has 1 aromatic rings. The number of hydrogen-bond acceptors (Lipinski definition) is 10. The Kier molecular flexibility index (Phi) is 11.3. The van der Waals surface area contributed by atoms with Crippen LogP contribution >= 0.6 is 0 Å². The lowest BCUT2D eigenvalue weighted by Crippen LogP contribution is -2.51. The summed E-state index contributed by atoms with van der Waals surface area (Å²) in [4.78, 5) is 47.6. The molecule has 0 bridgehead atoms. The summed E-state index contributed by atoms with van der Waals surface area (Å²) in [6.07, 6.45) is -0.683. The molecular weight excluding hydrogens is 434 g/mol.